The lowest BCUT2D eigenvalue weighted by Gasteiger charge is -2.27. The summed E-state index contributed by atoms with van der Waals surface area (Å²) in [5.74, 6) is 0.750. The number of hydrogen-bond donors (Lipinski definition) is 2. The average Bonchev–Trinajstić information content (AvgIpc) is 3.09. The Kier molecular flexibility index (Phi) is 5.34. The van der Waals surface area contributed by atoms with Crippen LogP contribution in [-0.2, 0) is 10.5 Å². The van der Waals surface area contributed by atoms with E-state index in [2.05, 4.69) is 15.4 Å². The number of carbonyl (C=O) groups is 1. The summed E-state index contributed by atoms with van der Waals surface area (Å²) in [6, 6.07) is 15.3. The Bertz CT molecular complexity index is 1110. The zero-order chi connectivity index (χ0) is 20.5. The van der Waals surface area contributed by atoms with Crippen LogP contribution in [0.2, 0.25) is 5.02 Å². The Balaban J connectivity index is 1.69. The van der Waals surface area contributed by atoms with Gasteiger partial charge in [0.2, 0.25) is 17.0 Å². The second-order valence-electron chi connectivity index (χ2n) is 6.88. The molecule has 0 fully saturated rings. The van der Waals surface area contributed by atoms with Crippen LogP contribution in [0.1, 0.15) is 29.7 Å². The molecule has 1 aromatic heterocycles. The highest BCUT2D eigenvalue weighted by molar-refractivity contribution is 7.98. The number of halogens is 1. The first-order valence-electron chi connectivity index (χ1n) is 9.11. The highest BCUT2D eigenvalue weighted by Gasteiger charge is 2.33. The zero-order valence-corrected chi connectivity index (χ0v) is 17.6. The van der Waals surface area contributed by atoms with Gasteiger partial charge in [0, 0.05) is 16.5 Å². The van der Waals surface area contributed by atoms with E-state index in [1.54, 1.807) is 4.68 Å². The number of rotatable bonds is 5. The smallest absolute Gasteiger partial charge is 0.248 e. The van der Waals surface area contributed by atoms with Crippen LogP contribution in [0.25, 0.3) is 0 Å². The van der Waals surface area contributed by atoms with Crippen LogP contribution < -0.4 is 11.1 Å². The zero-order valence-electron chi connectivity index (χ0n) is 16.0. The van der Waals surface area contributed by atoms with Gasteiger partial charge in [-0.25, -0.2) is 4.68 Å². The molecule has 1 unspecified atom stereocenters. The number of nitrogens with one attached hydrogen (secondary N) is 1. The monoisotopic (exact) mass is 425 g/mol. The molecule has 4 rings (SSSR count). The molecule has 0 bridgehead atoms. The van der Waals surface area contributed by atoms with Crippen molar-refractivity contribution in [1.29, 1.82) is 0 Å². The van der Waals surface area contributed by atoms with Crippen LogP contribution in [-0.4, -0.2) is 20.7 Å². The fourth-order valence-corrected chi connectivity index (χ4v) is 4.44. The maximum absolute atomic E-state index is 12.2. The highest BCUT2D eigenvalue weighted by atomic mass is 35.5. The van der Waals surface area contributed by atoms with Gasteiger partial charge in [0.05, 0.1) is 5.57 Å². The summed E-state index contributed by atoms with van der Waals surface area (Å²) < 4.78 is 1.73. The van der Waals surface area contributed by atoms with Crippen molar-refractivity contribution in [2.45, 2.75) is 30.8 Å². The van der Waals surface area contributed by atoms with E-state index < -0.39 is 11.9 Å². The maximum Gasteiger partial charge on any atom is 0.248 e. The van der Waals surface area contributed by atoms with E-state index in [1.165, 1.54) is 11.8 Å². The van der Waals surface area contributed by atoms with Crippen molar-refractivity contribution in [1.82, 2.24) is 14.8 Å². The number of thioether (sulfide) groups is 1. The number of aromatic nitrogens is 3. The topological polar surface area (TPSA) is 85.8 Å². The Labute approximate surface area is 178 Å². The molecule has 0 radical (unpaired) electrons. The van der Waals surface area contributed by atoms with Gasteiger partial charge in [-0.2, -0.15) is 4.98 Å². The van der Waals surface area contributed by atoms with Crippen LogP contribution in [0.4, 0.5) is 5.95 Å². The first-order chi connectivity index (χ1) is 13.9. The predicted molar refractivity (Wildman–Crippen MR) is 116 cm³/mol. The molecular formula is C21H20ClN5OS. The van der Waals surface area contributed by atoms with Crippen molar-refractivity contribution < 1.29 is 4.79 Å². The van der Waals surface area contributed by atoms with Crippen LogP contribution in [0, 0.1) is 6.92 Å². The summed E-state index contributed by atoms with van der Waals surface area (Å²) in [7, 11) is 0. The molecule has 3 aromatic rings. The third-order valence-corrected chi connectivity index (χ3v) is 6.06. The van der Waals surface area contributed by atoms with Gasteiger partial charge >= 0.3 is 0 Å². The van der Waals surface area contributed by atoms with E-state index in [1.807, 2.05) is 62.4 Å². The summed E-state index contributed by atoms with van der Waals surface area (Å²) in [5, 5.41) is 9.14. The van der Waals surface area contributed by atoms with Gasteiger partial charge in [-0.1, -0.05) is 71.4 Å². The number of nitrogens with zero attached hydrogens (tertiary/aromatic N) is 3. The minimum Gasteiger partial charge on any atom is -0.366 e. The molecule has 1 aliphatic rings. The lowest BCUT2D eigenvalue weighted by molar-refractivity contribution is -0.115. The number of hydrogen-bond acceptors (Lipinski definition) is 5. The maximum atomic E-state index is 12.2. The Hall–Kier alpha value is -2.77. The molecule has 2 heterocycles. The van der Waals surface area contributed by atoms with Gasteiger partial charge in [-0.15, -0.1) is 5.10 Å². The summed E-state index contributed by atoms with van der Waals surface area (Å²) >= 11 is 7.74. The number of fused-ring (bicyclic) bond motifs is 1. The molecular weight excluding hydrogens is 406 g/mol. The molecule has 6 nitrogen and oxygen atoms in total. The number of primary amides is 1. The van der Waals surface area contributed by atoms with E-state index in [0.717, 1.165) is 16.7 Å². The fourth-order valence-electron chi connectivity index (χ4n) is 3.33. The van der Waals surface area contributed by atoms with Gasteiger partial charge in [-0.05, 0) is 31.0 Å². The largest absolute Gasteiger partial charge is 0.366 e. The van der Waals surface area contributed by atoms with Crippen molar-refractivity contribution in [3.63, 3.8) is 0 Å². The lowest BCUT2D eigenvalue weighted by atomic mass is 9.95. The van der Waals surface area contributed by atoms with E-state index in [9.17, 15) is 4.79 Å². The van der Waals surface area contributed by atoms with Gasteiger partial charge in [-0.3, -0.25) is 4.79 Å². The van der Waals surface area contributed by atoms with Crippen LogP contribution in [0.15, 0.2) is 65.0 Å². The second kappa shape index (κ2) is 7.93. The summed E-state index contributed by atoms with van der Waals surface area (Å²) in [6.45, 7) is 3.85. The molecule has 148 valence electrons. The third kappa shape index (κ3) is 3.88. The van der Waals surface area contributed by atoms with E-state index >= 15 is 0 Å². The first-order valence-corrected chi connectivity index (χ1v) is 10.5. The fraction of sp³-hybridized carbons (Fsp3) is 0.190. The lowest BCUT2D eigenvalue weighted by Crippen LogP contribution is -2.31. The van der Waals surface area contributed by atoms with E-state index in [4.69, 9.17) is 17.3 Å². The molecule has 1 aliphatic heterocycles. The molecule has 0 saturated carbocycles. The Morgan fingerprint density at radius 2 is 1.93 bits per heavy atom. The van der Waals surface area contributed by atoms with Crippen molar-refractivity contribution in [2.24, 2.45) is 5.73 Å². The van der Waals surface area contributed by atoms with E-state index in [-0.39, 0.29) is 0 Å². The summed E-state index contributed by atoms with van der Waals surface area (Å²) in [6.07, 6.45) is 0. The molecule has 8 heteroatoms. The van der Waals surface area contributed by atoms with Gasteiger partial charge in [0.25, 0.3) is 0 Å². The second-order valence-corrected chi connectivity index (χ2v) is 8.23. The van der Waals surface area contributed by atoms with Crippen LogP contribution >= 0.6 is 23.4 Å². The first kappa shape index (κ1) is 19.5. The minimum atomic E-state index is -0.480. The highest BCUT2D eigenvalue weighted by Crippen LogP contribution is 2.36. The summed E-state index contributed by atoms with van der Waals surface area (Å²) in [5.41, 5.74) is 9.96. The minimum absolute atomic E-state index is 0.425. The molecule has 0 saturated heterocycles. The number of nitrogens with two attached hydrogens (primary N) is 1. The molecule has 3 N–H and O–H groups in total. The molecule has 2 aromatic carbocycles. The number of allylic oxidation sites excluding steroid dienone is 1. The number of aryl methyl sites for hydroxylation is 1. The molecule has 1 amide bonds. The molecule has 0 spiro atoms. The van der Waals surface area contributed by atoms with Crippen LogP contribution in [0.3, 0.4) is 0 Å². The molecule has 29 heavy (non-hydrogen) atoms. The molecule has 1 atom stereocenters. The van der Waals surface area contributed by atoms with Crippen molar-refractivity contribution in [3.8, 4) is 0 Å². The quantitative estimate of drug-likeness (QED) is 0.595. The number of anilines is 1. The average molecular weight is 426 g/mol. The molecule has 0 aliphatic carbocycles. The van der Waals surface area contributed by atoms with Crippen molar-refractivity contribution in [3.05, 3.63) is 81.5 Å². The van der Waals surface area contributed by atoms with Gasteiger partial charge in [0.15, 0.2) is 0 Å². The Morgan fingerprint density at radius 3 is 2.62 bits per heavy atom. The predicted octanol–water partition coefficient (Wildman–Crippen LogP) is 4.31. The number of carbonyl (C=O) groups excluding carboxylic acids is 1. The standard InChI is InChI=1S/C21H20ClN5OS/c1-12-7-9-14(10-8-12)18-17(19(23)28)13(2)24-20-25-21(26-27(18)20)29-11-15-5-3-4-6-16(15)22/h3-10,18H,11H2,1-2H3,(H2,23,28)(H,24,25,26). The van der Waals surface area contributed by atoms with Crippen molar-refractivity contribution >= 4 is 35.2 Å². The third-order valence-electron chi connectivity index (χ3n) is 4.81. The van der Waals surface area contributed by atoms with Gasteiger partial charge < -0.3 is 11.1 Å². The number of benzene rings is 2. The SMILES string of the molecule is CC1=C(C(N)=O)C(c2ccc(C)cc2)n2nc(SCc3ccccc3Cl)nc2N1. The Morgan fingerprint density at radius 1 is 1.21 bits per heavy atom. The normalized spacial score (nSPS) is 15.8. The number of amides is 1. The van der Waals surface area contributed by atoms with Crippen LogP contribution in [0.5, 0.6) is 0 Å². The summed E-state index contributed by atoms with van der Waals surface area (Å²) in [4.78, 5) is 16.8. The van der Waals surface area contributed by atoms with Crippen molar-refractivity contribution in [2.75, 3.05) is 5.32 Å². The van der Waals surface area contributed by atoms with E-state index in [0.29, 0.717) is 33.2 Å². The van der Waals surface area contributed by atoms with Gasteiger partial charge in [0.1, 0.15) is 6.04 Å².